The van der Waals surface area contributed by atoms with Crippen molar-refractivity contribution in [1.29, 1.82) is 0 Å². The summed E-state index contributed by atoms with van der Waals surface area (Å²) in [6.45, 7) is 8.50. The first-order chi connectivity index (χ1) is 16.1. The van der Waals surface area contributed by atoms with E-state index >= 15 is 0 Å². The Kier molecular flexibility index (Phi) is 8.50. The van der Waals surface area contributed by atoms with E-state index < -0.39 is 6.04 Å². The topological polar surface area (TPSA) is 84.0 Å². The molecule has 0 radical (unpaired) electrons. The Labute approximate surface area is 204 Å². The van der Waals surface area contributed by atoms with Gasteiger partial charge in [-0.1, -0.05) is 69.4 Å². The number of hydrogen-bond acceptors (Lipinski definition) is 5. The van der Waals surface area contributed by atoms with Crippen molar-refractivity contribution in [2.24, 2.45) is 11.3 Å². The molecule has 3 rings (SSSR count). The van der Waals surface area contributed by atoms with E-state index in [1.807, 2.05) is 30.3 Å². The standard InChI is InChI=1S/C26H31FN4O2S/c1-17(16-26(2,3)4)14-22(32)28-21(15-18-8-6-5-7-9-18)23(33)29-25-31-30-24(34-25)19-10-12-20(27)13-11-19/h5-13,17,21H,14-16H2,1-4H3,(H,28,32)(H,29,31,33)/t17-,21-/m0/s1. The maximum atomic E-state index is 13.2. The summed E-state index contributed by atoms with van der Waals surface area (Å²) in [4.78, 5) is 25.9. The molecule has 0 fully saturated rings. The normalized spacial score (nSPS) is 13.2. The van der Waals surface area contributed by atoms with Gasteiger partial charge in [-0.15, -0.1) is 10.2 Å². The molecule has 0 saturated heterocycles. The van der Waals surface area contributed by atoms with Gasteiger partial charge in [-0.25, -0.2) is 4.39 Å². The lowest BCUT2D eigenvalue weighted by Crippen LogP contribution is -2.45. The largest absolute Gasteiger partial charge is 0.344 e. The van der Waals surface area contributed by atoms with Crippen LogP contribution in [0.25, 0.3) is 10.6 Å². The first-order valence-corrected chi connectivity index (χ1v) is 12.1. The number of nitrogens with one attached hydrogen (secondary N) is 2. The van der Waals surface area contributed by atoms with Crippen LogP contribution in [0.4, 0.5) is 9.52 Å². The molecule has 0 spiro atoms. The first-order valence-electron chi connectivity index (χ1n) is 11.3. The molecule has 2 atom stereocenters. The molecule has 2 amide bonds. The van der Waals surface area contributed by atoms with Crippen LogP contribution in [0.15, 0.2) is 54.6 Å². The lowest BCUT2D eigenvalue weighted by atomic mass is 9.84. The molecule has 2 N–H and O–H groups in total. The summed E-state index contributed by atoms with van der Waals surface area (Å²) in [6.07, 6.45) is 1.62. The van der Waals surface area contributed by atoms with E-state index in [2.05, 4.69) is 48.5 Å². The molecular weight excluding hydrogens is 451 g/mol. The van der Waals surface area contributed by atoms with Crippen molar-refractivity contribution >= 4 is 28.3 Å². The van der Waals surface area contributed by atoms with Crippen molar-refractivity contribution in [3.8, 4) is 10.6 Å². The van der Waals surface area contributed by atoms with Gasteiger partial charge in [0.05, 0.1) is 0 Å². The fraction of sp³-hybridized carbons (Fsp3) is 0.385. The van der Waals surface area contributed by atoms with Gasteiger partial charge >= 0.3 is 0 Å². The van der Waals surface area contributed by atoms with Crippen molar-refractivity contribution < 1.29 is 14.0 Å². The highest BCUT2D eigenvalue weighted by molar-refractivity contribution is 7.18. The van der Waals surface area contributed by atoms with Gasteiger partial charge in [-0.2, -0.15) is 0 Å². The van der Waals surface area contributed by atoms with Crippen LogP contribution in [-0.2, 0) is 16.0 Å². The van der Waals surface area contributed by atoms with Crippen molar-refractivity contribution in [2.75, 3.05) is 5.32 Å². The third-order valence-corrected chi connectivity index (χ3v) is 6.06. The van der Waals surface area contributed by atoms with E-state index in [-0.39, 0.29) is 29.0 Å². The summed E-state index contributed by atoms with van der Waals surface area (Å²) in [5.74, 6) is -0.653. The average molecular weight is 483 g/mol. The number of amides is 2. The molecule has 0 aliphatic carbocycles. The second-order valence-electron chi connectivity index (χ2n) is 9.79. The Morgan fingerprint density at radius 3 is 2.35 bits per heavy atom. The Hall–Kier alpha value is -3.13. The molecule has 180 valence electrons. The number of halogens is 1. The zero-order chi connectivity index (χ0) is 24.7. The van der Waals surface area contributed by atoms with Gasteiger partial charge in [-0.3, -0.25) is 14.9 Å². The summed E-state index contributed by atoms with van der Waals surface area (Å²) >= 11 is 1.19. The minimum atomic E-state index is -0.755. The van der Waals surface area contributed by atoms with E-state index in [1.165, 1.54) is 23.5 Å². The van der Waals surface area contributed by atoms with Crippen molar-refractivity contribution in [3.63, 3.8) is 0 Å². The van der Waals surface area contributed by atoms with Gasteiger partial charge in [0.25, 0.3) is 0 Å². The summed E-state index contributed by atoms with van der Waals surface area (Å²) in [5, 5.41) is 14.7. The molecule has 34 heavy (non-hydrogen) atoms. The molecule has 0 aliphatic heterocycles. The molecule has 0 saturated carbocycles. The number of nitrogens with zero attached hydrogens (tertiary/aromatic N) is 2. The van der Waals surface area contributed by atoms with E-state index in [0.29, 0.717) is 28.5 Å². The maximum Gasteiger partial charge on any atom is 0.249 e. The van der Waals surface area contributed by atoms with Gasteiger partial charge in [0.15, 0.2) is 0 Å². The second-order valence-corrected chi connectivity index (χ2v) is 10.8. The summed E-state index contributed by atoms with van der Waals surface area (Å²) in [6, 6.07) is 14.7. The number of rotatable bonds is 9. The van der Waals surface area contributed by atoms with Crippen LogP contribution >= 0.6 is 11.3 Å². The SMILES string of the molecule is C[C@@H](CC(=O)N[C@@H](Cc1ccccc1)C(=O)Nc1nnc(-c2ccc(F)cc2)s1)CC(C)(C)C. The van der Waals surface area contributed by atoms with E-state index in [9.17, 15) is 14.0 Å². The van der Waals surface area contributed by atoms with Crippen LogP contribution in [-0.4, -0.2) is 28.1 Å². The molecular formula is C26H31FN4O2S. The Bertz CT molecular complexity index is 1090. The highest BCUT2D eigenvalue weighted by atomic mass is 32.1. The van der Waals surface area contributed by atoms with E-state index in [4.69, 9.17) is 0 Å². The molecule has 2 aromatic carbocycles. The fourth-order valence-electron chi connectivity index (χ4n) is 3.92. The molecule has 0 aliphatic rings. The first kappa shape index (κ1) is 25.5. The third-order valence-electron chi connectivity index (χ3n) is 5.18. The van der Waals surface area contributed by atoms with Crippen molar-refractivity contribution in [3.05, 3.63) is 66.0 Å². The predicted molar refractivity (Wildman–Crippen MR) is 134 cm³/mol. The zero-order valence-corrected chi connectivity index (χ0v) is 20.8. The summed E-state index contributed by atoms with van der Waals surface area (Å²) in [7, 11) is 0. The number of hydrogen-bond donors (Lipinski definition) is 2. The quantitative estimate of drug-likeness (QED) is 0.423. The minimum Gasteiger partial charge on any atom is -0.344 e. The van der Waals surface area contributed by atoms with Crippen LogP contribution in [0.1, 0.15) is 46.1 Å². The van der Waals surface area contributed by atoms with Gasteiger partial charge in [-0.05, 0) is 47.6 Å². The molecule has 1 aromatic heterocycles. The average Bonchev–Trinajstić information content (AvgIpc) is 3.21. The van der Waals surface area contributed by atoms with E-state index in [0.717, 1.165) is 12.0 Å². The molecule has 6 nitrogen and oxygen atoms in total. The number of aromatic nitrogens is 2. The molecule has 1 heterocycles. The van der Waals surface area contributed by atoms with Crippen molar-refractivity contribution in [1.82, 2.24) is 15.5 Å². The molecule has 0 bridgehead atoms. The Morgan fingerprint density at radius 2 is 1.71 bits per heavy atom. The number of carbonyl (C=O) groups excluding carboxylic acids is 2. The number of benzene rings is 2. The number of anilines is 1. The second kappa shape index (κ2) is 11.3. The maximum absolute atomic E-state index is 13.2. The monoisotopic (exact) mass is 482 g/mol. The lowest BCUT2D eigenvalue weighted by Gasteiger charge is -2.24. The fourth-order valence-corrected chi connectivity index (χ4v) is 4.67. The molecule has 3 aromatic rings. The highest BCUT2D eigenvalue weighted by Crippen LogP contribution is 2.27. The van der Waals surface area contributed by atoms with Crippen LogP contribution in [0.2, 0.25) is 0 Å². The molecule has 0 unspecified atom stereocenters. The van der Waals surface area contributed by atoms with Crippen molar-refractivity contribution in [2.45, 2.75) is 53.0 Å². The smallest absolute Gasteiger partial charge is 0.249 e. The number of carbonyl (C=O) groups is 2. The van der Waals surface area contributed by atoms with Crippen LogP contribution in [0.3, 0.4) is 0 Å². The predicted octanol–water partition coefficient (Wildman–Crippen LogP) is 5.47. The summed E-state index contributed by atoms with van der Waals surface area (Å²) < 4.78 is 13.2. The van der Waals surface area contributed by atoms with Crippen LogP contribution in [0.5, 0.6) is 0 Å². The Morgan fingerprint density at radius 1 is 1.03 bits per heavy atom. The third kappa shape index (κ3) is 8.02. The van der Waals surface area contributed by atoms with Crippen LogP contribution in [0, 0.1) is 17.2 Å². The highest BCUT2D eigenvalue weighted by Gasteiger charge is 2.25. The molecule has 8 heteroatoms. The van der Waals surface area contributed by atoms with Gasteiger partial charge in [0.2, 0.25) is 16.9 Å². The minimum absolute atomic E-state index is 0.126. The Balaban J connectivity index is 1.69. The summed E-state index contributed by atoms with van der Waals surface area (Å²) in [5.41, 5.74) is 1.77. The van der Waals surface area contributed by atoms with Gasteiger partial charge in [0.1, 0.15) is 16.9 Å². The zero-order valence-electron chi connectivity index (χ0n) is 20.0. The van der Waals surface area contributed by atoms with Gasteiger partial charge in [0, 0.05) is 18.4 Å². The van der Waals surface area contributed by atoms with E-state index in [1.54, 1.807) is 12.1 Å². The lowest BCUT2D eigenvalue weighted by molar-refractivity contribution is -0.127. The van der Waals surface area contributed by atoms with Gasteiger partial charge < -0.3 is 5.32 Å². The van der Waals surface area contributed by atoms with Crippen LogP contribution < -0.4 is 10.6 Å².